The Morgan fingerprint density at radius 1 is 1.24 bits per heavy atom. The molecule has 0 saturated heterocycles. The second kappa shape index (κ2) is 5.36. The molecule has 0 fully saturated rings. The summed E-state index contributed by atoms with van der Waals surface area (Å²) in [6, 6.07) is 8.11. The number of aryl methyl sites for hydroxylation is 1. The third kappa shape index (κ3) is 2.50. The number of hydrogen-bond donors (Lipinski definition) is 1. The Bertz CT molecular complexity index is 807. The normalized spacial score (nSPS) is 10.8. The monoisotopic (exact) mass is 280 g/mol. The number of carbonyl (C=O) groups is 1. The molecular weight excluding hydrogens is 264 g/mol. The first-order chi connectivity index (χ1) is 10.2. The number of benzene rings is 1. The molecule has 0 radical (unpaired) electrons. The highest BCUT2D eigenvalue weighted by Gasteiger charge is 2.09. The molecular formula is C16H16N4O. The molecule has 1 amide bonds. The average Bonchev–Trinajstić information content (AvgIpc) is 2.96. The van der Waals surface area contributed by atoms with E-state index in [1.165, 1.54) is 0 Å². The molecule has 1 aromatic carbocycles. The first kappa shape index (κ1) is 13.3. The highest BCUT2D eigenvalue weighted by atomic mass is 16.1. The van der Waals surface area contributed by atoms with Crippen molar-refractivity contribution in [3.8, 4) is 5.82 Å². The molecule has 5 nitrogen and oxygen atoms in total. The van der Waals surface area contributed by atoms with Crippen molar-refractivity contribution in [2.24, 2.45) is 0 Å². The molecule has 0 spiro atoms. The first-order valence-corrected chi connectivity index (χ1v) is 6.78. The molecule has 106 valence electrons. The van der Waals surface area contributed by atoms with Crippen molar-refractivity contribution in [2.75, 3.05) is 7.05 Å². The van der Waals surface area contributed by atoms with Gasteiger partial charge in [-0.25, -0.2) is 9.67 Å². The Morgan fingerprint density at radius 3 is 2.76 bits per heavy atom. The summed E-state index contributed by atoms with van der Waals surface area (Å²) in [6.07, 6.45) is 5.71. The number of hydrogen-bond acceptors (Lipinski definition) is 3. The van der Waals surface area contributed by atoms with Crippen LogP contribution in [-0.2, 0) is 11.2 Å². The smallest absolute Gasteiger partial charge is 0.224 e. The van der Waals surface area contributed by atoms with Crippen molar-refractivity contribution in [3.05, 3.63) is 54.0 Å². The second-order valence-corrected chi connectivity index (χ2v) is 4.95. The van der Waals surface area contributed by atoms with E-state index < -0.39 is 0 Å². The molecule has 2 heterocycles. The van der Waals surface area contributed by atoms with Crippen LogP contribution in [0.4, 0.5) is 0 Å². The maximum absolute atomic E-state index is 11.4. The molecule has 0 aliphatic rings. The fourth-order valence-electron chi connectivity index (χ4n) is 2.34. The van der Waals surface area contributed by atoms with Gasteiger partial charge in [-0.05, 0) is 23.4 Å². The van der Waals surface area contributed by atoms with Crippen LogP contribution in [0, 0.1) is 6.92 Å². The van der Waals surface area contributed by atoms with Gasteiger partial charge in [0, 0.05) is 24.8 Å². The van der Waals surface area contributed by atoms with E-state index in [1.54, 1.807) is 17.9 Å². The van der Waals surface area contributed by atoms with E-state index in [0.29, 0.717) is 6.42 Å². The van der Waals surface area contributed by atoms with Crippen molar-refractivity contribution < 1.29 is 4.79 Å². The maximum atomic E-state index is 11.4. The molecule has 0 aliphatic heterocycles. The third-order valence-corrected chi connectivity index (χ3v) is 3.47. The van der Waals surface area contributed by atoms with Gasteiger partial charge < -0.3 is 5.32 Å². The Morgan fingerprint density at radius 2 is 2.00 bits per heavy atom. The number of amides is 1. The molecule has 5 heteroatoms. The zero-order chi connectivity index (χ0) is 14.8. The molecule has 3 rings (SSSR count). The van der Waals surface area contributed by atoms with Crippen LogP contribution in [0.3, 0.4) is 0 Å². The fourth-order valence-corrected chi connectivity index (χ4v) is 2.34. The zero-order valence-corrected chi connectivity index (χ0v) is 12.0. The minimum atomic E-state index is -0.0312. The summed E-state index contributed by atoms with van der Waals surface area (Å²) < 4.78 is 1.72. The molecule has 0 saturated carbocycles. The standard InChI is InChI=1S/C16H16N4O/c1-11-8-18-16(14-6-4-3-5-13(11)14)20-10-12(9-19-20)7-15(21)17-2/h3-6,8-10H,7H2,1-2H3,(H,17,21). The molecule has 0 aliphatic carbocycles. The lowest BCUT2D eigenvalue weighted by Crippen LogP contribution is -2.19. The summed E-state index contributed by atoms with van der Waals surface area (Å²) in [4.78, 5) is 15.9. The first-order valence-electron chi connectivity index (χ1n) is 6.78. The minimum absolute atomic E-state index is 0.0312. The molecule has 0 atom stereocenters. The van der Waals surface area contributed by atoms with Gasteiger partial charge in [-0.1, -0.05) is 24.3 Å². The molecule has 0 bridgehead atoms. The van der Waals surface area contributed by atoms with Gasteiger partial charge in [-0.3, -0.25) is 4.79 Å². The lowest BCUT2D eigenvalue weighted by Gasteiger charge is -2.07. The number of nitrogens with zero attached hydrogens (tertiary/aromatic N) is 3. The molecule has 2 aromatic heterocycles. The Labute approximate surface area is 122 Å². The van der Waals surface area contributed by atoms with Crippen LogP contribution in [0.25, 0.3) is 16.6 Å². The minimum Gasteiger partial charge on any atom is -0.359 e. The quantitative estimate of drug-likeness (QED) is 0.798. The van der Waals surface area contributed by atoms with Gasteiger partial charge in [-0.2, -0.15) is 5.10 Å². The highest BCUT2D eigenvalue weighted by molar-refractivity contribution is 5.90. The van der Waals surface area contributed by atoms with E-state index in [9.17, 15) is 4.79 Å². The van der Waals surface area contributed by atoms with E-state index in [4.69, 9.17) is 0 Å². The lowest BCUT2D eigenvalue weighted by molar-refractivity contribution is -0.119. The number of rotatable bonds is 3. The number of fused-ring (bicyclic) bond motifs is 1. The van der Waals surface area contributed by atoms with Crippen molar-refractivity contribution in [1.29, 1.82) is 0 Å². The van der Waals surface area contributed by atoms with E-state index >= 15 is 0 Å². The molecule has 21 heavy (non-hydrogen) atoms. The third-order valence-electron chi connectivity index (χ3n) is 3.47. The van der Waals surface area contributed by atoms with Crippen molar-refractivity contribution in [3.63, 3.8) is 0 Å². The largest absolute Gasteiger partial charge is 0.359 e. The summed E-state index contributed by atoms with van der Waals surface area (Å²) in [5.74, 6) is 0.746. The summed E-state index contributed by atoms with van der Waals surface area (Å²) in [5.41, 5.74) is 1.99. The summed E-state index contributed by atoms with van der Waals surface area (Å²) >= 11 is 0. The highest BCUT2D eigenvalue weighted by Crippen LogP contribution is 2.22. The van der Waals surface area contributed by atoms with Crippen LogP contribution in [0.2, 0.25) is 0 Å². The predicted octanol–water partition coefficient (Wildman–Crippen LogP) is 2.02. The van der Waals surface area contributed by atoms with Gasteiger partial charge in [0.25, 0.3) is 0 Å². The Balaban J connectivity index is 2.05. The maximum Gasteiger partial charge on any atom is 0.224 e. The van der Waals surface area contributed by atoms with Crippen molar-refractivity contribution >= 4 is 16.7 Å². The van der Waals surface area contributed by atoms with E-state index in [2.05, 4.69) is 21.5 Å². The SMILES string of the molecule is CNC(=O)Cc1cnn(-c2ncc(C)c3ccccc23)c1. The lowest BCUT2D eigenvalue weighted by atomic mass is 10.1. The number of nitrogens with one attached hydrogen (secondary N) is 1. The summed E-state index contributed by atoms with van der Waals surface area (Å²) in [7, 11) is 1.63. The van der Waals surface area contributed by atoms with Gasteiger partial charge in [0.15, 0.2) is 5.82 Å². The zero-order valence-electron chi connectivity index (χ0n) is 12.0. The second-order valence-electron chi connectivity index (χ2n) is 4.95. The van der Waals surface area contributed by atoms with E-state index in [1.807, 2.05) is 37.5 Å². The van der Waals surface area contributed by atoms with Gasteiger partial charge in [0.05, 0.1) is 12.6 Å². The number of pyridine rings is 1. The van der Waals surface area contributed by atoms with Crippen molar-refractivity contribution in [1.82, 2.24) is 20.1 Å². The molecule has 0 unspecified atom stereocenters. The van der Waals surface area contributed by atoms with Crippen molar-refractivity contribution in [2.45, 2.75) is 13.3 Å². The van der Waals surface area contributed by atoms with Crippen LogP contribution in [-0.4, -0.2) is 27.7 Å². The van der Waals surface area contributed by atoms with Gasteiger partial charge in [0.1, 0.15) is 0 Å². The van der Waals surface area contributed by atoms with Crippen LogP contribution in [0.15, 0.2) is 42.9 Å². The van der Waals surface area contributed by atoms with Gasteiger partial charge in [0.2, 0.25) is 5.91 Å². The molecule has 1 N–H and O–H groups in total. The summed E-state index contributed by atoms with van der Waals surface area (Å²) in [5, 5.41) is 9.14. The van der Waals surface area contributed by atoms with E-state index in [-0.39, 0.29) is 5.91 Å². The van der Waals surface area contributed by atoms with Crippen LogP contribution < -0.4 is 5.32 Å². The van der Waals surface area contributed by atoms with Gasteiger partial charge >= 0.3 is 0 Å². The van der Waals surface area contributed by atoms with Gasteiger partial charge in [-0.15, -0.1) is 0 Å². The fraction of sp³-hybridized carbons (Fsp3) is 0.188. The number of carbonyl (C=O) groups excluding carboxylic acids is 1. The molecule has 3 aromatic rings. The topological polar surface area (TPSA) is 59.8 Å². The Kier molecular flexibility index (Phi) is 3.39. The number of likely N-dealkylation sites (N-methyl/N-ethyl adjacent to an activating group) is 1. The van der Waals surface area contributed by atoms with Crippen LogP contribution >= 0.6 is 0 Å². The Hall–Kier alpha value is -2.69. The van der Waals surface area contributed by atoms with E-state index in [0.717, 1.165) is 27.7 Å². The number of aromatic nitrogens is 3. The van der Waals surface area contributed by atoms with Crippen LogP contribution in [0.5, 0.6) is 0 Å². The average molecular weight is 280 g/mol. The predicted molar refractivity (Wildman–Crippen MR) is 81.4 cm³/mol. The van der Waals surface area contributed by atoms with Crippen LogP contribution in [0.1, 0.15) is 11.1 Å². The summed E-state index contributed by atoms with van der Waals surface area (Å²) in [6.45, 7) is 2.04.